The Balaban J connectivity index is 2.92. The van der Waals surface area contributed by atoms with E-state index in [0.29, 0.717) is 17.4 Å². The molecule has 0 saturated carbocycles. The number of aromatic hydroxyl groups is 1. The standard InChI is InChI=1S/C12H12FNO2/c1-3-14-10-5-4-8(13)6-9(10)11(7(2)15)12(14)16/h4-6,16H,3H2,1-2H3. The lowest BCUT2D eigenvalue weighted by Crippen LogP contribution is -1.94. The fourth-order valence-corrected chi connectivity index (χ4v) is 1.98. The first-order valence-corrected chi connectivity index (χ1v) is 5.08. The van der Waals surface area contributed by atoms with E-state index in [1.807, 2.05) is 6.92 Å². The zero-order chi connectivity index (χ0) is 11.9. The first kappa shape index (κ1) is 10.7. The van der Waals surface area contributed by atoms with E-state index < -0.39 is 5.82 Å². The Labute approximate surface area is 92.1 Å². The van der Waals surface area contributed by atoms with Crippen molar-refractivity contribution < 1.29 is 14.3 Å². The van der Waals surface area contributed by atoms with Crippen LogP contribution in [-0.4, -0.2) is 15.5 Å². The molecule has 0 aliphatic rings. The van der Waals surface area contributed by atoms with Gasteiger partial charge in [0, 0.05) is 11.9 Å². The monoisotopic (exact) mass is 221 g/mol. The fourth-order valence-electron chi connectivity index (χ4n) is 1.98. The largest absolute Gasteiger partial charge is 0.494 e. The van der Waals surface area contributed by atoms with Gasteiger partial charge in [0.1, 0.15) is 5.82 Å². The number of hydrogen-bond donors (Lipinski definition) is 1. The normalized spacial score (nSPS) is 10.9. The minimum atomic E-state index is -0.414. The van der Waals surface area contributed by atoms with Gasteiger partial charge in [0.05, 0.1) is 11.1 Å². The van der Waals surface area contributed by atoms with Gasteiger partial charge in [0.2, 0.25) is 5.88 Å². The van der Waals surface area contributed by atoms with Gasteiger partial charge in [0.25, 0.3) is 0 Å². The molecule has 0 fully saturated rings. The first-order chi connectivity index (χ1) is 7.56. The first-order valence-electron chi connectivity index (χ1n) is 5.08. The Bertz CT molecular complexity index is 572. The van der Waals surface area contributed by atoms with Crippen molar-refractivity contribution in [2.75, 3.05) is 0 Å². The molecule has 0 spiro atoms. The number of ketones is 1. The van der Waals surface area contributed by atoms with Gasteiger partial charge in [-0.3, -0.25) is 4.79 Å². The summed E-state index contributed by atoms with van der Waals surface area (Å²) in [6.07, 6.45) is 0. The van der Waals surface area contributed by atoms with Crippen LogP contribution in [0, 0.1) is 5.82 Å². The predicted molar refractivity (Wildman–Crippen MR) is 59.2 cm³/mol. The van der Waals surface area contributed by atoms with Crippen LogP contribution < -0.4 is 0 Å². The highest BCUT2D eigenvalue weighted by molar-refractivity contribution is 6.09. The van der Waals surface area contributed by atoms with E-state index in [0.717, 1.165) is 0 Å². The number of benzene rings is 1. The van der Waals surface area contributed by atoms with Gasteiger partial charge in [-0.25, -0.2) is 4.39 Å². The molecule has 84 valence electrons. The molecule has 0 amide bonds. The minimum absolute atomic E-state index is 0.0874. The topological polar surface area (TPSA) is 42.2 Å². The number of aromatic nitrogens is 1. The Morgan fingerprint density at radius 3 is 2.75 bits per heavy atom. The Kier molecular flexibility index (Phi) is 2.42. The highest BCUT2D eigenvalue weighted by Gasteiger charge is 2.19. The molecule has 0 atom stereocenters. The van der Waals surface area contributed by atoms with E-state index in [1.165, 1.54) is 19.1 Å². The maximum Gasteiger partial charge on any atom is 0.203 e. The molecule has 0 aliphatic carbocycles. The molecule has 16 heavy (non-hydrogen) atoms. The Morgan fingerprint density at radius 1 is 1.50 bits per heavy atom. The third-order valence-electron chi connectivity index (χ3n) is 2.67. The van der Waals surface area contributed by atoms with Gasteiger partial charge in [-0.2, -0.15) is 0 Å². The van der Waals surface area contributed by atoms with Crippen molar-refractivity contribution in [2.24, 2.45) is 0 Å². The number of fused-ring (bicyclic) bond motifs is 1. The lowest BCUT2D eigenvalue weighted by Gasteiger charge is -2.01. The molecule has 2 aromatic rings. The lowest BCUT2D eigenvalue weighted by atomic mass is 10.1. The van der Waals surface area contributed by atoms with Crippen molar-refractivity contribution in [3.05, 3.63) is 29.6 Å². The van der Waals surface area contributed by atoms with Crippen LogP contribution in [0.1, 0.15) is 24.2 Å². The van der Waals surface area contributed by atoms with Crippen LogP contribution in [0.4, 0.5) is 4.39 Å². The molecule has 1 aromatic carbocycles. The highest BCUT2D eigenvalue weighted by Crippen LogP contribution is 2.31. The number of aryl methyl sites for hydroxylation is 1. The molecule has 0 unspecified atom stereocenters. The minimum Gasteiger partial charge on any atom is -0.494 e. The van der Waals surface area contributed by atoms with Crippen molar-refractivity contribution in [1.82, 2.24) is 4.57 Å². The van der Waals surface area contributed by atoms with Crippen LogP contribution in [0.15, 0.2) is 18.2 Å². The number of rotatable bonds is 2. The molecule has 1 aromatic heterocycles. The van der Waals surface area contributed by atoms with E-state index in [1.54, 1.807) is 10.6 Å². The second-order valence-electron chi connectivity index (χ2n) is 3.66. The molecule has 3 nitrogen and oxygen atoms in total. The maximum atomic E-state index is 13.1. The summed E-state index contributed by atoms with van der Waals surface area (Å²) in [4.78, 5) is 11.4. The molecular weight excluding hydrogens is 209 g/mol. The Morgan fingerprint density at radius 2 is 2.19 bits per heavy atom. The second kappa shape index (κ2) is 3.63. The van der Waals surface area contributed by atoms with E-state index in [2.05, 4.69) is 0 Å². The number of halogens is 1. The van der Waals surface area contributed by atoms with Crippen molar-refractivity contribution in [3.63, 3.8) is 0 Å². The summed E-state index contributed by atoms with van der Waals surface area (Å²) in [7, 11) is 0. The van der Waals surface area contributed by atoms with Gasteiger partial charge in [-0.15, -0.1) is 0 Å². The summed E-state index contributed by atoms with van der Waals surface area (Å²) in [6, 6.07) is 4.16. The van der Waals surface area contributed by atoms with E-state index >= 15 is 0 Å². The number of hydrogen-bond acceptors (Lipinski definition) is 2. The number of carbonyl (C=O) groups is 1. The quantitative estimate of drug-likeness (QED) is 0.792. The molecule has 1 N–H and O–H groups in total. The summed E-state index contributed by atoms with van der Waals surface area (Å²) < 4.78 is 14.7. The zero-order valence-electron chi connectivity index (χ0n) is 9.12. The summed E-state index contributed by atoms with van der Waals surface area (Å²) in [6.45, 7) is 3.74. The van der Waals surface area contributed by atoms with Crippen LogP contribution in [0.25, 0.3) is 10.9 Å². The molecule has 0 bridgehead atoms. The average Bonchev–Trinajstić information content (AvgIpc) is 2.48. The summed E-state index contributed by atoms with van der Waals surface area (Å²) in [5.74, 6) is -0.765. The highest BCUT2D eigenvalue weighted by atomic mass is 19.1. The third kappa shape index (κ3) is 1.38. The molecular formula is C12H12FNO2. The van der Waals surface area contributed by atoms with Crippen LogP contribution >= 0.6 is 0 Å². The number of carbonyl (C=O) groups excluding carboxylic acids is 1. The van der Waals surface area contributed by atoms with Crippen molar-refractivity contribution >= 4 is 16.7 Å². The van der Waals surface area contributed by atoms with Crippen LogP contribution in [-0.2, 0) is 6.54 Å². The zero-order valence-corrected chi connectivity index (χ0v) is 9.12. The number of nitrogens with zero attached hydrogens (tertiary/aromatic N) is 1. The van der Waals surface area contributed by atoms with Gasteiger partial charge in [-0.1, -0.05) is 0 Å². The van der Waals surface area contributed by atoms with Gasteiger partial charge >= 0.3 is 0 Å². The fraction of sp³-hybridized carbons (Fsp3) is 0.250. The van der Waals surface area contributed by atoms with Crippen LogP contribution in [0.5, 0.6) is 5.88 Å². The maximum absolute atomic E-state index is 13.1. The van der Waals surface area contributed by atoms with E-state index in [4.69, 9.17) is 0 Å². The molecule has 0 radical (unpaired) electrons. The van der Waals surface area contributed by atoms with Gasteiger partial charge in [0.15, 0.2) is 5.78 Å². The molecule has 1 heterocycles. The van der Waals surface area contributed by atoms with Gasteiger partial charge < -0.3 is 9.67 Å². The van der Waals surface area contributed by atoms with Crippen molar-refractivity contribution in [1.29, 1.82) is 0 Å². The van der Waals surface area contributed by atoms with Crippen molar-refractivity contribution in [3.8, 4) is 5.88 Å². The second-order valence-corrected chi connectivity index (χ2v) is 3.66. The van der Waals surface area contributed by atoms with E-state index in [9.17, 15) is 14.3 Å². The SMILES string of the molecule is CCn1c(O)c(C(C)=O)c2cc(F)ccc21. The Hall–Kier alpha value is -1.84. The summed E-state index contributed by atoms with van der Waals surface area (Å²) >= 11 is 0. The molecule has 0 saturated heterocycles. The van der Waals surface area contributed by atoms with E-state index in [-0.39, 0.29) is 17.2 Å². The van der Waals surface area contributed by atoms with Crippen LogP contribution in [0.2, 0.25) is 0 Å². The average molecular weight is 221 g/mol. The van der Waals surface area contributed by atoms with Gasteiger partial charge in [-0.05, 0) is 32.0 Å². The lowest BCUT2D eigenvalue weighted by molar-refractivity contribution is 0.101. The van der Waals surface area contributed by atoms with Crippen LogP contribution in [0.3, 0.4) is 0 Å². The number of Topliss-reactive ketones (excluding diaryl/α,β-unsaturated/α-hetero) is 1. The molecule has 4 heteroatoms. The predicted octanol–water partition coefficient (Wildman–Crippen LogP) is 2.71. The smallest absolute Gasteiger partial charge is 0.203 e. The van der Waals surface area contributed by atoms with Crippen molar-refractivity contribution in [2.45, 2.75) is 20.4 Å². The third-order valence-corrected chi connectivity index (χ3v) is 2.67. The summed E-state index contributed by atoms with van der Waals surface area (Å²) in [5, 5.41) is 10.4. The summed E-state index contributed by atoms with van der Waals surface area (Å²) in [5.41, 5.74) is 0.864. The molecule has 2 rings (SSSR count). The molecule has 0 aliphatic heterocycles.